The molecule has 1 aromatic rings. The van der Waals surface area contributed by atoms with Crippen LogP contribution in [-0.4, -0.2) is 26.2 Å². The van der Waals surface area contributed by atoms with E-state index in [0.717, 1.165) is 0 Å². The zero-order chi connectivity index (χ0) is 11.0. The fourth-order valence-electron chi connectivity index (χ4n) is 2.95. The maximum absolute atomic E-state index is 3.43. The van der Waals surface area contributed by atoms with Crippen molar-refractivity contribution in [2.24, 2.45) is 5.41 Å². The highest BCUT2D eigenvalue weighted by Gasteiger charge is 2.40. The van der Waals surface area contributed by atoms with Gasteiger partial charge in [0.2, 0.25) is 0 Å². The fourth-order valence-corrected chi connectivity index (χ4v) is 2.95. The van der Waals surface area contributed by atoms with Gasteiger partial charge in [0.15, 0.2) is 0 Å². The van der Waals surface area contributed by atoms with Gasteiger partial charge in [0, 0.05) is 37.3 Å². The van der Waals surface area contributed by atoms with Crippen LogP contribution in [0, 0.1) is 12.3 Å². The van der Waals surface area contributed by atoms with E-state index in [2.05, 4.69) is 41.4 Å². The molecular formula is C14H20N2. The van der Waals surface area contributed by atoms with Crippen LogP contribution in [0.3, 0.4) is 0 Å². The summed E-state index contributed by atoms with van der Waals surface area (Å²) in [5.74, 6) is 0. The molecule has 0 aromatic heterocycles. The number of benzene rings is 1. The molecule has 2 heteroatoms. The van der Waals surface area contributed by atoms with Crippen molar-refractivity contribution in [2.45, 2.75) is 19.8 Å². The van der Waals surface area contributed by atoms with Gasteiger partial charge in [-0.25, -0.2) is 0 Å². The van der Waals surface area contributed by atoms with Crippen LogP contribution in [0.1, 0.15) is 18.4 Å². The number of aryl methyl sites for hydroxylation is 1. The minimum absolute atomic E-state index is 0.586. The van der Waals surface area contributed by atoms with Crippen LogP contribution in [0.2, 0.25) is 0 Å². The summed E-state index contributed by atoms with van der Waals surface area (Å²) in [5.41, 5.74) is 3.33. The van der Waals surface area contributed by atoms with Crippen molar-refractivity contribution >= 4 is 5.69 Å². The number of nitrogens with one attached hydrogen (secondary N) is 1. The molecule has 2 heterocycles. The van der Waals surface area contributed by atoms with Crippen LogP contribution >= 0.6 is 0 Å². The van der Waals surface area contributed by atoms with E-state index < -0.39 is 0 Å². The van der Waals surface area contributed by atoms with Crippen LogP contribution in [0.15, 0.2) is 24.3 Å². The Balaban J connectivity index is 1.76. The van der Waals surface area contributed by atoms with Gasteiger partial charge in [-0.05, 0) is 31.9 Å². The molecule has 3 rings (SSSR count). The largest absolute Gasteiger partial charge is 0.371 e. The van der Waals surface area contributed by atoms with Gasteiger partial charge >= 0.3 is 0 Å². The molecule has 2 saturated heterocycles. The molecule has 1 N–H and O–H groups in total. The zero-order valence-corrected chi connectivity index (χ0v) is 10.00. The number of piperidine rings is 1. The standard InChI is InChI=1S/C14H20N2/c1-12-3-5-13(6-4-12)16-8-2-7-14(11-16)9-15-10-14/h3-6,15H,2,7-11H2,1H3. The summed E-state index contributed by atoms with van der Waals surface area (Å²) >= 11 is 0. The minimum Gasteiger partial charge on any atom is -0.371 e. The third-order valence-electron chi connectivity index (χ3n) is 4.06. The van der Waals surface area contributed by atoms with E-state index >= 15 is 0 Å². The number of hydrogen-bond acceptors (Lipinski definition) is 2. The first-order valence-electron chi connectivity index (χ1n) is 6.30. The molecule has 2 nitrogen and oxygen atoms in total. The summed E-state index contributed by atoms with van der Waals surface area (Å²) in [7, 11) is 0. The molecule has 0 aliphatic carbocycles. The minimum atomic E-state index is 0.586. The van der Waals surface area contributed by atoms with Gasteiger partial charge in [-0.15, -0.1) is 0 Å². The van der Waals surface area contributed by atoms with E-state index in [1.54, 1.807) is 0 Å². The van der Waals surface area contributed by atoms with Gasteiger partial charge in [0.25, 0.3) is 0 Å². The number of nitrogens with zero attached hydrogens (tertiary/aromatic N) is 1. The Morgan fingerprint density at radius 2 is 1.94 bits per heavy atom. The second-order valence-corrected chi connectivity index (χ2v) is 5.46. The topological polar surface area (TPSA) is 15.3 Å². The summed E-state index contributed by atoms with van der Waals surface area (Å²) in [6.07, 6.45) is 2.75. The first-order chi connectivity index (χ1) is 7.77. The lowest BCUT2D eigenvalue weighted by molar-refractivity contribution is 0.138. The molecule has 0 atom stereocenters. The summed E-state index contributed by atoms with van der Waals surface area (Å²) in [6, 6.07) is 8.96. The van der Waals surface area contributed by atoms with E-state index in [9.17, 15) is 0 Å². The van der Waals surface area contributed by atoms with Gasteiger partial charge in [-0.2, -0.15) is 0 Å². The second kappa shape index (κ2) is 3.77. The summed E-state index contributed by atoms with van der Waals surface area (Å²) in [4.78, 5) is 2.56. The van der Waals surface area contributed by atoms with Crippen molar-refractivity contribution < 1.29 is 0 Å². The maximum Gasteiger partial charge on any atom is 0.0366 e. The predicted molar refractivity (Wildman–Crippen MR) is 67.9 cm³/mol. The SMILES string of the molecule is Cc1ccc(N2CCCC3(CNC3)C2)cc1. The van der Waals surface area contributed by atoms with Crippen molar-refractivity contribution in [3.05, 3.63) is 29.8 Å². The van der Waals surface area contributed by atoms with Crippen LogP contribution < -0.4 is 10.2 Å². The molecule has 2 aliphatic heterocycles. The average molecular weight is 216 g/mol. The lowest BCUT2D eigenvalue weighted by Crippen LogP contribution is -2.61. The number of hydrogen-bond donors (Lipinski definition) is 1. The lowest BCUT2D eigenvalue weighted by atomic mass is 9.75. The third kappa shape index (κ3) is 1.71. The highest BCUT2D eigenvalue weighted by atomic mass is 15.2. The van der Waals surface area contributed by atoms with Gasteiger partial charge in [0.05, 0.1) is 0 Å². The normalized spacial score (nSPS) is 23.2. The predicted octanol–water partition coefficient (Wildman–Crippen LogP) is 2.18. The van der Waals surface area contributed by atoms with Crippen LogP contribution in [0.25, 0.3) is 0 Å². The van der Waals surface area contributed by atoms with Gasteiger partial charge in [-0.3, -0.25) is 0 Å². The van der Waals surface area contributed by atoms with Gasteiger partial charge < -0.3 is 10.2 Å². The number of rotatable bonds is 1. The van der Waals surface area contributed by atoms with Crippen LogP contribution in [-0.2, 0) is 0 Å². The van der Waals surface area contributed by atoms with Gasteiger partial charge in [-0.1, -0.05) is 17.7 Å². The first kappa shape index (κ1) is 10.2. The molecule has 0 bridgehead atoms. The number of anilines is 1. The molecule has 0 saturated carbocycles. The highest BCUT2D eigenvalue weighted by molar-refractivity contribution is 5.48. The van der Waals surface area contributed by atoms with E-state index in [0.29, 0.717) is 5.41 Å². The molecule has 0 radical (unpaired) electrons. The molecule has 1 spiro atoms. The Hall–Kier alpha value is -1.02. The molecule has 2 aliphatic rings. The highest BCUT2D eigenvalue weighted by Crippen LogP contribution is 2.35. The van der Waals surface area contributed by atoms with Gasteiger partial charge in [0.1, 0.15) is 0 Å². The van der Waals surface area contributed by atoms with Crippen molar-refractivity contribution in [1.29, 1.82) is 0 Å². The Bertz CT molecular complexity index is 365. The first-order valence-corrected chi connectivity index (χ1v) is 6.30. The molecule has 16 heavy (non-hydrogen) atoms. The molecule has 2 fully saturated rings. The Morgan fingerprint density at radius 3 is 2.56 bits per heavy atom. The maximum atomic E-state index is 3.43. The molecule has 0 amide bonds. The molecule has 86 valence electrons. The van der Waals surface area contributed by atoms with Crippen LogP contribution in [0.5, 0.6) is 0 Å². The van der Waals surface area contributed by atoms with E-state index in [-0.39, 0.29) is 0 Å². The quantitative estimate of drug-likeness (QED) is 0.774. The Morgan fingerprint density at radius 1 is 1.19 bits per heavy atom. The van der Waals surface area contributed by atoms with Crippen molar-refractivity contribution in [3.8, 4) is 0 Å². The lowest BCUT2D eigenvalue weighted by Gasteiger charge is -2.50. The summed E-state index contributed by atoms with van der Waals surface area (Å²) in [6.45, 7) is 7.05. The van der Waals surface area contributed by atoms with E-state index in [1.165, 1.54) is 50.3 Å². The Kier molecular flexibility index (Phi) is 2.40. The average Bonchev–Trinajstić information content (AvgIpc) is 2.28. The smallest absolute Gasteiger partial charge is 0.0366 e. The zero-order valence-electron chi connectivity index (χ0n) is 10.00. The van der Waals surface area contributed by atoms with Crippen LogP contribution in [0.4, 0.5) is 5.69 Å². The fraction of sp³-hybridized carbons (Fsp3) is 0.571. The monoisotopic (exact) mass is 216 g/mol. The molecule has 0 unspecified atom stereocenters. The second-order valence-electron chi connectivity index (χ2n) is 5.46. The van der Waals surface area contributed by atoms with Crippen molar-refractivity contribution in [2.75, 3.05) is 31.1 Å². The van der Waals surface area contributed by atoms with E-state index in [1.807, 2.05) is 0 Å². The van der Waals surface area contributed by atoms with Crippen molar-refractivity contribution in [1.82, 2.24) is 5.32 Å². The third-order valence-corrected chi connectivity index (χ3v) is 4.06. The summed E-state index contributed by atoms with van der Waals surface area (Å²) < 4.78 is 0. The van der Waals surface area contributed by atoms with Crippen molar-refractivity contribution in [3.63, 3.8) is 0 Å². The molecule has 1 aromatic carbocycles. The Labute approximate surface area is 97.6 Å². The molecular weight excluding hydrogens is 196 g/mol. The van der Waals surface area contributed by atoms with E-state index in [4.69, 9.17) is 0 Å². The summed E-state index contributed by atoms with van der Waals surface area (Å²) in [5, 5.41) is 3.43.